The maximum Gasteiger partial charge on any atom is 0.337 e. The van der Waals surface area contributed by atoms with E-state index >= 15 is 0 Å². The number of rotatable bonds is 5. The van der Waals surface area contributed by atoms with Gasteiger partial charge in [-0.2, -0.15) is 0 Å². The summed E-state index contributed by atoms with van der Waals surface area (Å²) in [6.07, 6.45) is 4.74. The Morgan fingerprint density at radius 2 is 2.20 bits per heavy atom. The maximum atomic E-state index is 11.5. The van der Waals surface area contributed by atoms with Crippen molar-refractivity contribution in [1.82, 2.24) is 9.55 Å². The molecule has 0 radical (unpaired) electrons. The highest BCUT2D eigenvalue weighted by Crippen LogP contribution is 2.12. The minimum atomic E-state index is -0.306. The predicted molar refractivity (Wildman–Crippen MR) is 77.7 cm³/mol. The fourth-order valence-corrected chi connectivity index (χ4v) is 2.15. The smallest absolute Gasteiger partial charge is 0.337 e. The molecule has 2 aromatic rings. The summed E-state index contributed by atoms with van der Waals surface area (Å²) in [5, 5.41) is 0. The second-order valence-electron chi connectivity index (χ2n) is 5.26. The molecule has 0 saturated carbocycles. The van der Waals surface area contributed by atoms with Crippen LogP contribution in [0, 0.1) is 5.92 Å². The number of hydrogen-bond donors (Lipinski definition) is 0. The molecule has 0 aliphatic rings. The minimum Gasteiger partial charge on any atom is -0.465 e. The first-order valence-corrected chi connectivity index (χ1v) is 6.77. The Balaban J connectivity index is 2.18. The third-order valence-electron chi connectivity index (χ3n) is 3.09. The first-order chi connectivity index (χ1) is 9.60. The number of nitrogens with zero attached hydrogens (tertiary/aromatic N) is 2. The number of carbonyl (C=O) groups excluding carboxylic acids is 1. The van der Waals surface area contributed by atoms with Gasteiger partial charge in [0.05, 0.1) is 12.7 Å². The number of hydrogen-bond acceptors (Lipinski definition) is 3. The summed E-state index contributed by atoms with van der Waals surface area (Å²) in [6.45, 7) is 5.07. The average molecular weight is 272 g/mol. The summed E-state index contributed by atoms with van der Waals surface area (Å²) < 4.78 is 6.87. The summed E-state index contributed by atoms with van der Waals surface area (Å²) in [7, 11) is 1.39. The number of esters is 1. The van der Waals surface area contributed by atoms with Gasteiger partial charge in [0.15, 0.2) is 0 Å². The van der Waals surface area contributed by atoms with Gasteiger partial charge in [-0.3, -0.25) is 0 Å². The van der Waals surface area contributed by atoms with Crippen molar-refractivity contribution in [3.63, 3.8) is 0 Å². The molecule has 0 fully saturated rings. The number of benzene rings is 1. The van der Waals surface area contributed by atoms with Gasteiger partial charge in [0.1, 0.15) is 5.82 Å². The van der Waals surface area contributed by atoms with Gasteiger partial charge in [-0.25, -0.2) is 9.78 Å². The molecule has 0 unspecified atom stereocenters. The summed E-state index contributed by atoms with van der Waals surface area (Å²) in [5.74, 6) is 1.33. The van der Waals surface area contributed by atoms with E-state index in [0.717, 1.165) is 17.8 Å². The van der Waals surface area contributed by atoms with Crippen LogP contribution >= 0.6 is 0 Å². The van der Waals surface area contributed by atoms with Gasteiger partial charge in [-0.15, -0.1) is 0 Å². The molecule has 0 N–H and O–H groups in total. The lowest BCUT2D eigenvalue weighted by Crippen LogP contribution is -2.08. The van der Waals surface area contributed by atoms with Crippen LogP contribution in [0.15, 0.2) is 36.7 Å². The highest BCUT2D eigenvalue weighted by molar-refractivity contribution is 5.89. The normalized spacial score (nSPS) is 10.8. The fraction of sp³-hybridized carbons (Fsp3) is 0.375. The van der Waals surface area contributed by atoms with E-state index in [-0.39, 0.29) is 5.97 Å². The molecule has 4 nitrogen and oxygen atoms in total. The van der Waals surface area contributed by atoms with Gasteiger partial charge in [0.2, 0.25) is 0 Å². The van der Waals surface area contributed by atoms with E-state index in [1.165, 1.54) is 7.11 Å². The lowest BCUT2D eigenvalue weighted by Gasteiger charge is -2.10. The third-order valence-corrected chi connectivity index (χ3v) is 3.09. The van der Waals surface area contributed by atoms with Crippen molar-refractivity contribution in [1.29, 1.82) is 0 Å². The molecule has 4 heteroatoms. The molecule has 0 bridgehead atoms. The Kier molecular flexibility index (Phi) is 4.56. The van der Waals surface area contributed by atoms with Crippen LogP contribution in [-0.4, -0.2) is 22.6 Å². The molecule has 0 saturated heterocycles. The first kappa shape index (κ1) is 14.3. The largest absolute Gasteiger partial charge is 0.465 e. The van der Waals surface area contributed by atoms with Gasteiger partial charge in [-0.05, 0) is 23.6 Å². The van der Waals surface area contributed by atoms with E-state index in [4.69, 9.17) is 4.74 Å². The van der Waals surface area contributed by atoms with Crippen molar-refractivity contribution >= 4 is 5.97 Å². The molecule has 0 spiro atoms. The van der Waals surface area contributed by atoms with E-state index in [1.54, 1.807) is 6.07 Å². The highest BCUT2D eigenvalue weighted by atomic mass is 16.5. The first-order valence-electron chi connectivity index (χ1n) is 6.77. The summed E-state index contributed by atoms with van der Waals surface area (Å²) in [5.41, 5.74) is 1.64. The number of aromatic nitrogens is 2. The van der Waals surface area contributed by atoms with Crippen molar-refractivity contribution < 1.29 is 9.53 Å². The second kappa shape index (κ2) is 6.37. The Labute approximate surface area is 119 Å². The minimum absolute atomic E-state index is 0.306. The topological polar surface area (TPSA) is 44.1 Å². The molecular weight excluding hydrogens is 252 g/mol. The lowest BCUT2D eigenvalue weighted by molar-refractivity contribution is 0.0600. The van der Waals surface area contributed by atoms with Gasteiger partial charge in [0, 0.05) is 25.4 Å². The molecule has 1 heterocycles. The molecule has 1 aromatic heterocycles. The summed E-state index contributed by atoms with van der Waals surface area (Å²) in [6, 6.07) is 7.51. The molecule has 0 aliphatic carbocycles. The Morgan fingerprint density at radius 1 is 1.40 bits per heavy atom. The molecular formula is C16H20N2O2. The Hall–Kier alpha value is -2.10. The van der Waals surface area contributed by atoms with Crippen LogP contribution in [0.25, 0.3) is 0 Å². The predicted octanol–water partition coefficient (Wildman–Crippen LogP) is 2.92. The van der Waals surface area contributed by atoms with Crippen LogP contribution in [0.5, 0.6) is 0 Å². The maximum absolute atomic E-state index is 11.5. The standard InChI is InChI=1S/C16H20N2O2/c1-12(2)9-15-17-7-8-18(15)11-13-5-4-6-14(10-13)16(19)20-3/h4-8,10,12H,9,11H2,1-3H3. The van der Waals surface area contributed by atoms with Crippen LogP contribution in [0.1, 0.15) is 35.6 Å². The zero-order valence-electron chi connectivity index (χ0n) is 12.2. The van der Waals surface area contributed by atoms with Crippen molar-refractivity contribution in [2.75, 3.05) is 7.11 Å². The zero-order chi connectivity index (χ0) is 14.5. The lowest BCUT2D eigenvalue weighted by atomic mass is 10.1. The molecule has 2 rings (SSSR count). The van der Waals surface area contributed by atoms with E-state index in [0.29, 0.717) is 18.0 Å². The van der Waals surface area contributed by atoms with Crippen LogP contribution in [0.3, 0.4) is 0 Å². The van der Waals surface area contributed by atoms with E-state index in [1.807, 2.05) is 30.6 Å². The third kappa shape index (κ3) is 3.47. The molecule has 106 valence electrons. The fourth-order valence-electron chi connectivity index (χ4n) is 2.15. The highest BCUT2D eigenvalue weighted by Gasteiger charge is 2.08. The Bertz CT molecular complexity index is 588. The average Bonchev–Trinajstić information content (AvgIpc) is 2.84. The van der Waals surface area contributed by atoms with Crippen molar-refractivity contribution in [3.05, 3.63) is 53.6 Å². The van der Waals surface area contributed by atoms with Gasteiger partial charge in [-0.1, -0.05) is 26.0 Å². The molecule has 20 heavy (non-hydrogen) atoms. The van der Waals surface area contributed by atoms with E-state index in [2.05, 4.69) is 23.4 Å². The van der Waals surface area contributed by atoms with Crippen molar-refractivity contribution in [2.24, 2.45) is 5.92 Å². The number of ether oxygens (including phenoxy) is 1. The monoisotopic (exact) mass is 272 g/mol. The van der Waals surface area contributed by atoms with Crippen LogP contribution in [-0.2, 0) is 17.7 Å². The number of imidazole rings is 1. The molecule has 0 aliphatic heterocycles. The SMILES string of the molecule is COC(=O)c1cccc(Cn2ccnc2CC(C)C)c1. The number of methoxy groups -OCH3 is 1. The van der Waals surface area contributed by atoms with E-state index in [9.17, 15) is 4.79 Å². The number of carbonyl (C=O) groups is 1. The van der Waals surface area contributed by atoms with Gasteiger partial charge >= 0.3 is 5.97 Å². The van der Waals surface area contributed by atoms with Crippen LogP contribution in [0.4, 0.5) is 0 Å². The van der Waals surface area contributed by atoms with Crippen LogP contribution in [0.2, 0.25) is 0 Å². The van der Waals surface area contributed by atoms with E-state index < -0.39 is 0 Å². The summed E-state index contributed by atoms with van der Waals surface area (Å²) >= 11 is 0. The van der Waals surface area contributed by atoms with Crippen molar-refractivity contribution in [2.45, 2.75) is 26.8 Å². The molecule has 1 aromatic carbocycles. The zero-order valence-corrected chi connectivity index (χ0v) is 12.2. The van der Waals surface area contributed by atoms with Crippen molar-refractivity contribution in [3.8, 4) is 0 Å². The van der Waals surface area contributed by atoms with Gasteiger partial charge < -0.3 is 9.30 Å². The second-order valence-corrected chi connectivity index (χ2v) is 5.26. The Morgan fingerprint density at radius 3 is 2.90 bits per heavy atom. The summed E-state index contributed by atoms with van der Waals surface area (Å²) in [4.78, 5) is 15.9. The molecule has 0 amide bonds. The van der Waals surface area contributed by atoms with Gasteiger partial charge in [0.25, 0.3) is 0 Å². The van der Waals surface area contributed by atoms with Crippen LogP contribution < -0.4 is 0 Å². The molecule has 0 atom stereocenters. The quantitative estimate of drug-likeness (QED) is 0.786.